The van der Waals surface area contributed by atoms with E-state index in [1.807, 2.05) is 0 Å². The molecule has 1 fully saturated rings. The molecule has 4 atom stereocenters. The molecule has 2 aromatic rings. The van der Waals surface area contributed by atoms with E-state index in [2.05, 4.69) is 21.5 Å². The number of nitrogens with one attached hydrogen (secondary N) is 1. The predicted octanol–water partition coefficient (Wildman–Crippen LogP) is -0.880. The summed E-state index contributed by atoms with van der Waals surface area (Å²) in [7, 11) is 0. The second-order valence-electron chi connectivity index (χ2n) is 5.02. The third-order valence-electron chi connectivity index (χ3n) is 3.84. The summed E-state index contributed by atoms with van der Waals surface area (Å²) in [6, 6.07) is -0.962. The van der Waals surface area contributed by atoms with Gasteiger partial charge in [0.05, 0.1) is 25.1 Å². The van der Waals surface area contributed by atoms with Gasteiger partial charge in [-0.15, -0.1) is 0 Å². The SMILES string of the molecule is C=C1[C@@H](n2cnc3c(=O)[nH]c(N)nc32)C(F)[C@H](O)[C@H]1CO. The highest BCUT2D eigenvalue weighted by Gasteiger charge is 2.47. The van der Waals surface area contributed by atoms with Crippen molar-refractivity contribution < 1.29 is 14.6 Å². The van der Waals surface area contributed by atoms with Crippen LogP contribution in [-0.2, 0) is 0 Å². The number of alkyl halides is 1. The molecule has 1 saturated carbocycles. The lowest BCUT2D eigenvalue weighted by molar-refractivity contribution is 0.0426. The number of aliphatic hydroxyl groups excluding tert-OH is 2. The first-order valence-electron chi connectivity index (χ1n) is 6.29. The van der Waals surface area contributed by atoms with Gasteiger partial charge < -0.3 is 20.5 Å². The van der Waals surface area contributed by atoms with Gasteiger partial charge in [0.1, 0.15) is 0 Å². The van der Waals surface area contributed by atoms with Gasteiger partial charge >= 0.3 is 0 Å². The van der Waals surface area contributed by atoms with Crippen molar-refractivity contribution in [1.29, 1.82) is 0 Å². The molecular weight excluding hydrogens is 281 g/mol. The number of nitrogens with two attached hydrogens (primary N) is 1. The van der Waals surface area contributed by atoms with Gasteiger partial charge in [-0.3, -0.25) is 9.78 Å². The molecule has 1 aliphatic rings. The zero-order chi connectivity index (χ0) is 15.3. The molecule has 0 saturated heterocycles. The quantitative estimate of drug-likeness (QED) is 0.532. The van der Waals surface area contributed by atoms with Crippen molar-refractivity contribution in [2.45, 2.75) is 18.3 Å². The molecule has 5 N–H and O–H groups in total. The smallest absolute Gasteiger partial charge is 0.280 e. The van der Waals surface area contributed by atoms with E-state index in [0.29, 0.717) is 5.57 Å². The zero-order valence-electron chi connectivity index (χ0n) is 10.9. The molecule has 8 nitrogen and oxygen atoms in total. The first-order valence-corrected chi connectivity index (χ1v) is 6.29. The predicted molar refractivity (Wildman–Crippen MR) is 72.2 cm³/mol. The normalized spacial score (nSPS) is 29.4. The third-order valence-corrected chi connectivity index (χ3v) is 3.84. The van der Waals surface area contributed by atoms with E-state index in [-0.39, 0.29) is 17.1 Å². The fourth-order valence-electron chi connectivity index (χ4n) is 2.76. The van der Waals surface area contributed by atoms with Crippen molar-refractivity contribution in [1.82, 2.24) is 19.5 Å². The molecule has 0 aromatic carbocycles. The number of halogens is 1. The Bertz CT molecular complexity index is 770. The minimum atomic E-state index is -1.69. The fourth-order valence-corrected chi connectivity index (χ4v) is 2.76. The Morgan fingerprint density at radius 3 is 2.90 bits per heavy atom. The Morgan fingerprint density at radius 2 is 2.29 bits per heavy atom. The van der Waals surface area contributed by atoms with E-state index in [0.717, 1.165) is 0 Å². The Morgan fingerprint density at radius 1 is 1.57 bits per heavy atom. The van der Waals surface area contributed by atoms with Crippen molar-refractivity contribution in [3.05, 3.63) is 28.8 Å². The highest BCUT2D eigenvalue weighted by molar-refractivity contribution is 5.71. The average molecular weight is 295 g/mol. The molecule has 0 aliphatic heterocycles. The minimum absolute atomic E-state index is 0.0196. The molecule has 21 heavy (non-hydrogen) atoms. The topological polar surface area (TPSA) is 130 Å². The molecule has 0 spiro atoms. The molecule has 2 aromatic heterocycles. The van der Waals surface area contributed by atoms with Crippen molar-refractivity contribution in [2.75, 3.05) is 12.3 Å². The number of aliphatic hydroxyl groups is 2. The van der Waals surface area contributed by atoms with Crippen LogP contribution in [0.4, 0.5) is 10.3 Å². The molecule has 1 aliphatic carbocycles. The molecule has 1 unspecified atom stereocenters. The number of nitrogens with zero attached hydrogens (tertiary/aromatic N) is 3. The highest BCUT2D eigenvalue weighted by atomic mass is 19.1. The van der Waals surface area contributed by atoms with Gasteiger partial charge in [-0.2, -0.15) is 4.98 Å². The number of hydrogen-bond donors (Lipinski definition) is 4. The monoisotopic (exact) mass is 295 g/mol. The lowest BCUT2D eigenvalue weighted by Crippen LogP contribution is -2.27. The summed E-state index contributed by atoms with van der Waals surface area (Å²) in [5.41, 5.74) is 5.40. The van der Waals surface area contributed by atoms with E-state index in [1.54, 1.807) is 0 Å². The van der Waals surface area contributed by atoms with Crippen LogP contribution in [0.1, 0.15) is 6.04 Å². The second kappa shape index (κ2) is 4.64. The Labute approximate surface area is 117 Å². The van der Waals surface area contributed by atoms with Gasteiger partial charge in [0, 0.05) is 5.92 Å². The van der Waals surface area contributed by atoms with Gasteiger partial charge in [-0.1, -0.05) is 6.58 Å². The maximum atomic E-state index is 14.3. The summed E-state index contributed by atoms with van der Waals surface area (Å²) in [5, 5.41) is 19.1. The third kappa shape index (κ3) is 1.85. The molecule has 0 amide bonds. The lowest BCUT2D eigenvalue weighted by Gasteiger charge is -2.17. The Kier molecular flexibility index (Phi) is 3.03. The van der Waals surface area contributed by atoms with E-state index in [1.165, 1.54) is 10.9 Å². The fraction of sp³-hybridized carbons (Fsp3) is 0.417. The van der Waals surface area contributed by atoms with Crippen LogP contribution >= 0.6 is 0 Å². The van der Waals surface area contributed by atoms with Crippen LogP contribution in [0, 0.1) is 5.92 Å². The first kappa shape index (κ1) is 13.7. The summed E-state index contributed by atoms with van der Waals surface area (Å²) in [6.07, 6.45) is -1.81. The summed E-state index contributed by atoms with van der Waals surface area (Å²) in [4.78, 5) is 21.9. The van der Waals surface area contributed by atoms with Gasteiger partial charge in [0.25, 0.3) is 5.56 Å². The number of hydrogen-bond acceptors (Lipinski definition) is 6. The Hall–Kier alpha value is -2.26. The van der Waals surface area contributed by atoms with Gasteiger partial charge in [0.15, 0.2) is 17.3 Å². The van der Waals surface area contributed by atoms with Crippen LogP contribution in [-0.4, -0.2) is 48.6 Å². The van der Waals surface area contributed by atoms with Gasteiger partial charge in [-0.05, 0) is 5.57 Å². The summed E-state index contributed by atoms with van der Waals surface area (Å²) >= 11 is 0. The highest BCUT2D eigenvalue weighted by Crippen LogP contribution is 2.41. The molecule has 0 bridgehead atoms. The number of H-pyrrole nitrogens is 1. The standard InChI is InChI=1S/C12H14FN5O3/c1-4-5(2-19)9(20)6(13)8(4)18-3-15-7-10(18)16-12(14)17-11(7)21/h3,5-6,8-9,19-20H,1-2H2,(H3,14,16,17,21)/t5-,6?,8+,9+/m0/s1. The largest absolute Gasteiger partial charge is 0.396 e. The van der Waals surface area contributed by atoms with Gasteiger partial charge in [-0.25, -0.2) is 9.37 Å². The number of anilines is 1. The summed E-state index contributed by atoms with van der Waals surface area (Å²) in [5.74, 6) is -0.894. The van der Waals surface area contributed by atoms with E-state index >= 15 is 0 Å². The number of aromatic nitrogens is 4. The number of fused-ring (bicyclic) bond motifs is 1. The first-order chi connectivity index (χ1) is 9.95. The maximum absolute atomic E-state index is 14.3. The van der Waals surface area contributed by atoms with Crippen LogP contribution in [0.3, 0.4) is 0 Å². The second-order valence-corrected chi connectivity index (χ2v) is 5.02. The molecule has 112 valence electrons. The summed E-state index contributed by atoms with van der Waals surface area (Å²) in [6.45, 7) is 3.33. The number of rotatable bonds is 2. The van der Waals surface area contributed by atoms with E-state index in [4.69, 9.17) is 5.73 Å². The van der Waals surface area contributed by atoms with Crippen LogP contribution in [0.15, 0.2) is 23.3 Å². The average Bonchev–Trinajstić information content (AvgIpc) is 2.91. The van der Waals surface area contributed by atoms with Crippen molar-refractivity contribution in [2.24, 2.45) is 5.92 Å². The molecule has 0 radical (unpaired) electrons. The lowest BCUT2D eigenvalue weighted by atomic mass is 10.0. The molecule has 3 rings (SSSR count). The molecule has 9 heteroatoms. The number of imidazole rings is 1. The molecular formula is C12H14FN5O3. The van der Waals surface area contributed by atoms with Crippen LogP contribution < -0.4 is 11.3 Å². The van der Waals surface area contributed by atoms with Crippen LogP contribution in [0.25, 0.3) is 11.2 Å². The van der Waals surface area contributed by atoms with Gasteiger partial charge in [0.2, 0.25) is 5.95 Å². The minimum Gasteiger partial charge on any atom is -0.396 e. The molecule has 2 heterocycles. The van der Waals surface area contributed by atoms with Crippen LogP contribution in [0.2, 0.25) is 0 Å². The van der Waals surface area contributed by atoms with Crippen molar-refractivity contribution in [3.8, 4) is 0 Å². The zero-order valence-corrected chi connectivity index (χ0v) is 10.9. The van der Waals surface area contributed by atoms with E-state index in [9.17, 15) is 19.4 Å². The van der Waals surface area contributed by atoms with Crippen molar-refractivity contribution in [3.63, 3.8) is 0 Å². The number of aromatic amines is 1. The summed E-state index contributed by atoms with van der Waals surface area (Å²) < 4.78 is 15.7. The van der Waals surface area contributed by atoms with Crippen molar-refractivity contribution >= 4 is 17.1 Å². The van der Waals surface area contributed by atoms with Crippen LogP contribution in [0.5, 0.6) is 0 Å². The maximum Gasteiger partial charge on any atom is 0.280 e. The van der Waals surface area contributed by atoms with E-state index < -0.39 is 36.4 Å². The Balaban J connectivity index is 2.17. The number of nitrogen functional groups attached to an aromatic ring is 1.